The van der Waals surface area contributed by atoms with Crippen molar-refractivity contribution in [2.75, 3.05) is 13.1 Å². The molecule has 0 aliphatic carbocycles. The Balaban J connectivity index is 3.25. The van der Waals surface area contributed by atoms with Crippen molar-refractivity contribution in [1.29, 1.82) is 0 Å². The molecule has 0 radical (unpaired) electrons. The van der Waals surface area contributed by atoms with Crippen molar-refractivity contribution in [3.63, 3.8) is 0 Å². The first-order valence-electron chi connectivity index (χ1n) is 7.42. The van der Waals surface area contributed by atoms with Crippen molar-refractivity contribution in [2.24, 2.45) is 0 Å². The Morgan fingerprint density at radius 3 is 2.06 bits per heavy atom. The van der Waals surface area contributed by atoms with Crippen LogP contribution < -0.4 is 0 Å². The van der Waals surface area contributed by atoms with E-state index in [0.717, 1.165) is 25.9 Å². The van der Waals surface area contributed by atoms with Crippen molar-refractivity contribution in [1.82, 2.24) is 0 Å². The van der Waals surface area contributed by atoms with Gasteiger partial charge in [0.1, 0.15) is 19.8 Å². The maximum atomic E-state index is 4.08. The van der Waals surface area contributed by atoms with Crippen LogP contribution in [0.5, 0.6) is 0 Å². The summed E-state index contributed by atoms with van der Waals surface area (Å²) in [7, 11) is 0. The van der Waals surface area contributed by atoms with Crippen LogP contribution in [0.3, 0.4) is 0 Å². The normalized spacial score (nSPS) is 10.5. The summed E-state index contributed by atoms with van der Waals surface area (Å²) in [5.41, 5.74) is 1.35. The van der Waals surface area contributed by atoms with Crippen molar-refractivity contribution >= 4 is 6.72 Å². The Labute approximate surface area is 109 Å². The van der Waals surface area contributed by atoms with Gasteiger partial charge >= 0.3 is 0 Å². The molecule has 100 valence electrons. The lowest BCUT2D eigenvalue weighted by atomic mass is 10.1. The van der Waals surface area contributed by atoms with E-state index in [4.69, 9.17) is 0 Å². The summed E-state index contributed by atoms with van der Waals surface area (Å²) in [6, 6.07) is 0. The summed E-state index contributed by atoms with van der Waals surface area (Å²) in [5.74, 6) is 0. The molecule has 0 aliphatic heterocycles. The van der Waals surface area contributed by atoms with E-state index in [1.807, 2.05) is 0 Å². The molecule has 0 heterocycles. The molecule has 0 fully saturated rings. The van der Waals surface area contributed by atoms with Gasteiger partial charge in [-0.3, -0.25) is 0 Å². The summed E-state index contributed by atoms with van der Waals surface area (Å²) in [6.07, 6.45) is 11.9. The van der Waals surface area contributed by atoms with Gasteiger partial charge in [-0.25, -0.2) is 4.58 Å². The predicted octanol–water partition coefficient (Wildman–Crippen LogP) is 4.81. The maximum Gasteiger partial charge on any atom is 0.145 e. The van der Waals surface area contributed by atoms with Crippen molar-refractivity contribution in [3.05, 3.63) is 12.2 Å². The molecule has 0 saturated carbocycles. The zero-order valence-electron chi connectivity index (χ0n) is 12.1. The number of hydrogen-bond donors (Lipinski definition) is 0. The third kappa shape index (κ3) is 11.7. The van der Waals surface area contributed by atoms with E-state index in [1.54, 1.807) is 0 Å². The summed E-state index contributed by atoms with van der Waals surface area (Å²) in [4.78, 5) is 0. The lowest BCUT2D eigenvalue weighted by molar-refractivity contribution is -0.519. The lowest BCUT2D eigenvalue weighted by Crippen LogP contribution is -2.13. The van der Waals surface area contributed by atoms with Crippen LogP contribution in [0, 0.1) is 0 Å². The molecule has 0 aliphatic rings. The number of rotatable bonds is 12. The van der Waals surface area contributed by atoms with E-state index in [9.17, 15) is 0 Å². The monoisotopic (exact) mass is 238 g/mol. The molecule has 0 rings (SSSR count). The molecular weight excluding hydrogens is 206 g/mol. The highest BCUT2D eigenvalue weighted by atomic mass is 15.0. The second kappa shape index (κ2) is 11.9. The molecule has 0 unspecified atom stereocenters. The minimum atomic E-state index is 1.07. The first kappa shape index (κ1) is 16.4. The average Bonchev–Trinajstić information content (AvgIpc) is 2.34. The Morgan fingerprint density at radius 1 is 0.882 bits per heavy atom. The molecule has 1 nitrogen and oxygen atoms in total. The average molecular weight is 238 g/mol. The van der Waals surface area contributed by atoms with E-state index in [2.05, 4.69) is 31.7 Å². The van der Waals surface area contributed by atoms with Gasteiger partial charge < -0.3 is 0 Å². The molecule has 0 aromatic heterocycles. The van der Waals surface area contributed by atoms with Crippen LogP contribution in [0.15, 0.2) is 12.2 Å². The van der Waals surface area contributed by atoms with Gasteiger partial charge in [0.25, 0.3) is 0 Å². The Bertz CT molecular complexity index is 206. The van der Waals surface area contributed by atoms with E-state index >= 15 is 0 Å². The molecule has 0 aromatic rings. The number of hydrogen-bond acceptors (Lipinski definition) is 0. The molecule has 0 atom stereocenters. The zero-order chi connectivity index (χ0) is 12.9. The van der Waals surface area contributed by atoms with Crippen molar-refractivity contribution < 1.29 is 4.58 Å². The van der Waals surface area contributed by atoms with E-state index in [-0.39, 0.29) is 0 Å². The summed E-state index contributed by atoms with van der Waals surface area (Å²) >= 11 is 0. The van der Waals surface area contributed by atoms with Crippen LogP contribution in [0.25, 0.3) is 0 Å². The van der Waals surface area contributed by atoms with Gasteiger partial charge in [-0.1, -0.05) is 58.1 Å². The predicted molar refractivity (Wildman–Crippen MR) is 79.2 cm³/mol. The molecule has 0 spiro atoms. The van der Waals surface area contributed by atoms with E-state index in [0.29, 0.717) is 0 Å². The van der Waals surface area contributed by atoms with Crippen LogP contribution in [-0.2, 0) is 0 Å². The van der Waals surface area contributed by atoms with Gasteiger partial charge in [-0.2, -0.15) is 0 Å². The van der Waals surface area contributed by atoms with Crippen molar-refractivity contribution in [2.45, 2.75) is 71.6 Å². The smallest absolute Gasteiger partial charge is 0.145 e. The first-order chi connectivity index (χ1) is 8.20. The highest BCUT2D eigenvalue weighted by Crippen LogP contribution is 2.07. The highest BCUT2D eigenvalue weighted by Gasteiger charge is 2.01. The number of nitrogens with zero attached hydrogens (tertiary/aromatic N) is 1. The van der Waals surface area contributed by atoms with Gasteiger partial charge in [0, 0.05) is 12.8 Å². The lowest BCUT2D eigenvalue weighted by Gasteiger charge is -2.03. The molecule has 1 heteroatoms. The van der Waals surface area contributed by atoms with Crippen LogP contribution in [0.1, 0.15) is 71.6 Å². The zero-order valence-corrected chi connectivity index (χ0v) is 12.1. The molecule has 0 saturated heterocycles. The van der Waals surface area contributed by atoms with Gasteiger partial charge in [0.2, 0.25) is 0 Å². The number of unbranched alkanes of at least 4 members (excludes halogenated alkanes) is 6. The Morgan fingerprint density at radius 2 is 1.47 bits per heavy atom. The fourth-order valence-corrected chi connectivity index (χ4v) is 1.90. The fraction of sp³-hybridized carbons (Fsp3) is 0.812. The standard InChI is InChI=1S/C16H32N/c1-5-7-8-9-10-11-12-14-17(4)15-13-16(3)6-2/h3-15H2,1-2H3/q+1. The Kier molecular flexibility index (Phi) is 11.5. The van der Waals surface area contributed by atoms with Gasteiger partial charge in [-0.15, -0.1) is 0 Å². The summed E-state index contributed by atoms with van der Waals surface area (Å²) in [6.45, 7) is 14.8. The topological polar surface area (TPSA) is 3.01 Å². The summed E-state index contributed by atoms with van der Waals surface area (Å²) in [5, 5.41) is 0. The fourth-order valence-electron chi connectivity index (χ4n) is 1.90. The molecule has 0 aromatic carbocycles. The quantitative estimate of drug-likeness (QED) is 0.199. The molecule has 17 heavy (non-hydrogen) atoms. The van der Waals surface area contributed by atoms with Crippen LogP contribution in [0.2, 0.25) is 0 Å². The minimum Gasteiger partial charge on any atom is -0.242 e. The van der Waals surface area contributed by atoms with Crippen LogP contribution in [-0.4, -0.2) is 24.4 Å². The highest BCUT2D eigenvalue weighted by molar-refractivity contribution is 5.14. The molecule has 0 amide bonds. The second-order valence-electron chi connectivity index (χ2n) is 5.09. The van der Waals surface area contributed by atoms with Gasteiger partial charge in [0.05, 0.1) is 0 Å². The first-order valence-corrected chi connectivity index (χ1v) is 7.42. The van der Waals surface area contributed by atoms with E-state index < -0.39 is 0 Å². The molecule has 0 N–H and O–H groups in total. The minimum absolute atomic E-state index is 1.07. The van der Waals surface area contributed by atoms with Crippen molar-refractivity contribution in [3.8, 4) is 0 Å². The Hall–Kier alpha value is -0.590. The maximum absolute atomic E-state index is 4.08. The van der Waals surface area contributed by atoms with Gasteiger partial charge in [0.15, 0.2) is 0 Å². The molecule has 0 bridgehead atoms. The second-order valence-corrected chi connectivity index (χ2v) is 5.09. The largest absolute Gasteiger partial charge is 0.242 e. The van der Waals surface area contributed by atoms with Gasteiger partial charge in [-0.05, 0) is 12.8 Å². The SMILES string of the molecule is C=C(CC)CC[N+](=C)CCCCCCCCC. The third-order valence-electron chi connectivity index (χ3n) is 3.36. The summed E-state index contributed by atoms with van der Waals surface area (Å²) < 4.78 is 2.20. The van der Waals surface area contributed by atoms with Crippen LogP contribution >= 0.6 is 0 Å². The van der Waals surface area contributed by atoms with E-state index in [1.165, 1.54) is 50.5 Å². The third-order valence-corrected chi connectivity index (χ3v) is 3.36. The van der Waals surface area contributed by atoms with Crippen LogP contribution in [0.4, 0.5) is 0 Å². The molecular formula is C16H32N+.